The minimum atomic E-state index is -1.21. The number of hydrogen-bond donors (Lipinski definition) is 5. The van der Waals surface area contributed by atoms with Gasteiger partial charge in [-0.05, 0) is 19.1 Å². The van der Waals surface area contributed by atoms with Gasteiger partial charge in [0.05, 0.1) is 42.3 Å². The van der Waals surface area contributed by atoms with E-state index in [2.05, 4.69) is 9.97 Å². The molecule has 33 heavy (non-hydrogen) atoms. The van der Waals surface area contributed by atoms with Crippen LogP contribution in [0.5, 0.6) is 5.75 Å². The molecule has 6 N–H and O–H groups in total. The van der Waals surface area contributed by atoms with Crippen LogP contribution in [-0.4, -0.2) is 66.3 Å². The van der Waals surface area contributed by atoms with Gasteiger partial charge in [0.1, 0.15) is 5.75 Å². The number of hydrogen-bond acceptors (Lipinski definition) is 10. The lowest BCUT2D eigenvalue weighted by atomic mass is 10.1. The molecule has 0 spiro atoms. The first-order valence-electron chi connectivity index (χ1n) is 9.73. The topological polar surface area (TPSA) is 194 Å². The summed E-state index contributed by atoms with van der Waals surface area (Å²) >= 11 is 6.24. The molecular formula is C20H25ClN4O8. The number of benzene rings is 1. The molecular weight excluding hydrogens is 460 g/mol. The number of nitrogens with zero attached hydrogens (tertiary/aromatic N) is 3. The van der Waals surface area contributed by atoms with Crippen molar-refractivity contribution >= 4 is 28.7 Å². The van der Waals surface area contributed by atoms with Crippen LogP contribution in [0.2, 0.25) is 5.02 Å². The Balaban J connectivity index is 0.000000414. The zero-order chi connectivity index (χ0) is 24.6. The number of aliphatic carboxylic acids is 1. The Morgan fingerprint density at radius 1 is 1.24 bits per heavy atom. The highest BCUT2D eigenvalue weighted by Crippen LogP contribution is 2.32. The van der Waals surface area contributed by atoms with E-state index in [0.29, 0.717) is 17.1 Å². The standard InChI is InChI=1S/C16H14ClN3O5.C4H11NO3/c1-9(15-18-4-2-5-19-15)24-12-8-13-11(7-10(12)17)20(16(23)25-13)6-3-14(21)22;5-4(1-6,2-7)3-8/h2,4-5,7-9H,3,6H2,1H3,(H,21,22);6-8H,1-3,5H2/t9-;/m0./s1. The molecule has 0 aliphatic rings. The molecule has 13 heteroatoms. The normalized spacial score (nSPS) is 12.2. The van der Waals surface area contributed by atoms with Gasteiger partial charge in [-0.25, -0.2) is 14.8 Å². The van der Waals surface area contributed by atoms with Crippen molar-refractivity contribution in [2.45, 2.75) is 31.5 Å². The Morgan fingerprint density at radius 3 is 2.36 bits per heavy atom. The summed E-state index contributed by atoms with van der Waals surface area (Å²) in [5, 5.41) is 34.1. The van der Waals surface area contributed by atoms with Crippen molar-refractivity contribution in [2.24, 2.45) is 5.73 Å². The van der Waals surface area contributed by atoms with Crippen LogP contribution in [0, 0.1) is 0 Å². The first-order valence-corrected chi connectivity index (χ1v) is 10.1. The van der Waals surface area contributed by atoms with Crippen LogP contribution in [0.15, 0.2) is 39.8 Å². The second-order valence-electron chi connectivity index (χ2n) is 7.12. The summed E-state index contributed by atoms with van der Waals surface area (Å²) in [6.07, 6.45) is 2.55. The number of fused-ring (bicyclic) bond motifs is 1. The third-order valence-corrected chi connectivity index (χ3v) is 4.76. The van der Waals surface area contributed by atoms with Crippen molar-refractivity contribution < 1.29 is 34.4 Å². The number of aliphatic hydroxyl groups excluding tert-OH is 3. The lowest BCUT2D eigenvalue weighted by Gasteiger charge is -2.20. The van der Waals surface area contributed by atoms with Crippen LogP contribution < -0.4 is 16.2 Å². The third kappa shape index (κ3) is 6.97. The maximum Gasteiger partial charge on any atom is 0.419 e. The number of nitrogens with two attached hydrogens (primary N) is 1. The predicted octanol–water partition coefficient (Wildman–Crippen LogP) is 0.313. The van der Waals surface area contributed by atoms with E-state index >= 15 is 0 Å². The Kier molecular flexibility index (Phi) is 9.32. The molecule has 0 amide bonds. The smallest absolute Gasteiger partial charge is 0.419 e. The summed E-state index contributed by atoms with van der Waals surface area (Å²) in [5.74, 6) is -0.861. The van der Waals surface area contributed by atoms with Gasteiger partial charge in [0.25, 0.3) is 0 Å². The SMILES string of the molecule is C[C@H](Oc1cc2oc(=O)n(CCC(=O)O)c2cc1Cl)c1ncccn1.NC(CO)(CO)CO. The number of carboxylic acids is 1. The maximum absolute atomic E-state index is 11.9. The molecule has 0 unspecified atom stereocenters. The van der Waals surface area contributed by atoms with Crippen molar-refractivity contribution in [3.05, 3.63) is 52.0 Å². The van der Waals surface area contributed by atoms with E-state index in [1.165, 1.54) is 16.7 Å². The molecule has 0 bridgehead atoms. The highest BCUT2D eigenvalue weighted by molar-refractivity contribution is 6.32. The molecule has 0 radical (unpaired) electrons. The Labute approximate surface area is 192 Å². The van der Waals surface area contributed by atoms with Crippen LogP contribution in [0.4, 0.5) is 0 Å². The number of aliphatic hydroxyl groups is 3. The first-order chi connectivity index (χ1) is 15.6. The highest BCUT2D eigenvalue weighted by atomic mass is 35.5. The van der Waals surface area contributed by atoms with E-state index in [4.69, 9.17) is 46.9 Å². The average Bonchev–Trinajstić information content (AvgIpc) is 3.11. The lowest BCUT2D eigenvalue weighted by molar-refractivity contribution is -0.137. The summed E-state index contributed by atoms with van der Waals surface area (Å²) in [4.78, 5) is 30.9. The fraction of sp³-hybridized carbons (Fsp3) is 0.400. The van der Waals surface area contributed by atoms with Gasteiger partial charge >= 0.3 is 11.7 Å². The second kappa shape index (κ2) is 11.7. The van der Waals surface area contributed by atoms with Crippen LogP contribution >= 0.6 is 11.6 Å². The maximum atomic E-state index is 11.9. The number of rotatable bonds is 9. The van der Waals surface area contributed by atoms with Gasteiger partial charge in [-0.15, -0.1) is 0 Å². The fourth-order valence-corrected chi connectivity index (χ4v) is 2.69. The van der Waals surface area contributed by atoms with E-state index in [9.17, 15) is 9.59 Å². The number of halogens is 1. The molecule has 2 aromatic heterocycles. The molecule has 12 nitrogen and oxygen atoms in total. The molecule has 3 aromatic rings. The van der Waals surface area contributed by atoms with Gasteiger partial charge in [-0.1, -0.05) is 11.6 Å². The lowest BCUT2D eigenvalue weighted by Crippen LogP contribution is -2.50. The molecule has 2 heterocycles. The molecule has 0 aliphatic carbocycles. The highest BCUT2D eigenvalue weighted by Gasteiger charge is 2.21. The average molecular weight is 485 g/mol. The fourth-order valence-electron chi connectivity index (χ4n) is 2.49. The minimum Gasteiger partial charge on any atom is -0.481 e. The van der Waals surface area contributed by atoms with E-state index in [1.54, 1.807) is 25.4 Å². The van der Waals surface area contributed by atoms with Crippen molar-refractivity contribution in [1.29, 1.82) is 0 Å². The summed E-state index contributed by atoms with van der Waals surface area (Å²) in [5.41, 5.74) is 4.61. The van der Waals surface area contributed by atoms with Crippen molar-refractivity contribution in [3.63, 3.8) is 0 Å². The summed E-state index contributed by atoms with van der Waals surface area (Å²) < 4.78 is 12.1. The number of carbonyl (C=O) groups is 1. The monoisotopic (exact) mass is 484 g/mol. The molecule has 1 aromatic carbocycles. The Bertz CT molecular complexity index is 1110. The molecule has 0 fully saturated rings. The summed E-state index contributed by atoms with van der Waals surface area (Å²) in [6, 6.07) is 4.71. The van der Waals surface area contributed by atoms with E-state index in [-0.39, 0.29) is 23.6 Å². The quantitative estimate of drug-likeness (QED) is 0.280. The number of aromatic nitrogens is 3. The zero-order valence-electron chi connectivity index (χ0n) is 17.7. The summed E-state index contributed by atoms with van der Waals surface area (Å²) in [7, 11) is 0. The molecule has 0 saturated carbocycles. The summed E-state index contributed by atoms with van der Waals surface area (Å²) in [6.45, 7) is 0.552. The zero-order valence-corrected chi connectivity index (χ0v) is 18.5. The Hall–Kier alpha value is -3.03. The van der Waals surface area contributed by atoms with Crippen LogP contribution in [0.25, 0.3) is 11.1 Å². The van der Waals surface area contributed by atoms with E-state index in [0.717, 1.165) is 0 Å². The van der Waals surface area contributed by atoms with Gasteiger partial charge in [-0.3, -0.25) is 9.36 Å². The van der Waals surface area contributed by atoms with Crippen molar-refractivity contribution in [3.8, 4) is 5.75 Å². The molecule has 0 saturated heterocycles. The van der Waals surface area contributed by atoms with Crippen LogP contribution in [-0.2, 0) is 11.3 Å². The van der Waals surface area contributed by atoms with Gasteiger partial charge < -0.3 is 35.3 Å². The minimum absolute atomic E-state index is 0.00798. The number of aryl methyl sites for hydroxylation is 1. The number of oxazole rings is 1. The van der Waals surface area contributed by atoms with Crippen LogP contribution in [0.3, 0.4) is 0 Å². The molecule has 180 valence electrons. The van der Waals surface area contributed by atoms with Gasteiger partial charge in [0, 0.05) is 25.0 Å². The van der Waals surface area contributed by atoms with E-state index < -0.39 is 43.2 Å². The molecule has 1 atom stereocenters. The van der Waals surface area contributed by atoms with Gasteiger partial charge in [-0.2, -0.15) is 0 Å². The van der Waals surface area contributed by atoms with E-state index in [1.807, 2.05) is 0 Å². The van der Waals surface area contributed by atoms with Crippen molar-refractivity contribution in [1.82, 2.24) is 14.5 Å². The number of carboxylic acid groups (broad SMARTS) is 1. The molecule has 0 aliphatic heterocycles. The number of ether oxygens (including phenoxy) is 1. The Morgan fingerprint density at radius 2 is 1.85 bits per heavy atom. The van der Waals surface area contributed by atoms with Crippen molar-refractivity contribution in [2.75, 3.05) is 19.8 Å². The first kappa shape index (κ1) is 26.2. The molecule has 3 rings (SSSR count). The largest absolute Gasteiger partial charge is 0.481 e. The third-order valence-electron chi connectivity index (χ3n) is 4.47. The predicted molar refractivity (Wildman–Crippen MR) is 117 cm³/mol. The van der Waals surface area contributed by atoms with Gasteiger partial charge in [0.2, 0.25) is 0 Å². The second-order valence-corrected chi connectivity index (χ2v) is 7.52. The van der Waals surface area contributed by atoms with Gasteiger partial charge in [0.15, 0.2) is 17.5 Å². The van der Waals surface area contributed by atoms with Crippen LogP contribution in [0.1, 0.15) is 25.3 Å².